The fourth-order valence-electron chi connectivity index (χ4n) is 1.27. The van der Waals surface area contributed by atoms with Gasteiger partial charge in [-0.3, -0.25) is 9.48 Å². The number of amides is 1. The Kier molecular flexibility index (Phi) is 3.81. The molecule has 1 unspecified atom stereocenters. The predicted molar refractivity (Wildman–Crippen MR) is 54.9 cm³/mol. The molecule has 1 aromatic rings. The first-order valence-corrected chi connectivity index (χ1v) is 4.68. The van der Waals surface area contributed by atoms with Gasteiger partial charge in [0, 0.05) is 20.1 Å². The SMILES string of the molecule is Cc1cc(CNCC(O)C(N)=O)n(C)n1. The summed E-state index contributed by atoms with van der Waals surface area (Å²) in [6.07, 6.45) is -1.14. The average Bonchev–Trinajstić information content (AvgIpc) is 2.45. The smallest absolute Gasteiger partial charge is 0.247 e. The van der Waals surface area contributed by atoms with Crippen LogP contribution in [0.1, 0.15) is 11.4 Å². The van der Waals surface area contributed by atoms with Gasteiger partial charge >= 0.3 is 0 Å². The lowest BCUT2D eigenvalue weighted by molar-refractivity contribution is -0.125. The van der Waals surface area contributed by atoms with Crippen LogP contribution < -0.4 is 11.1 Å². The molecule has 0 saturated heterocycles. The lowest BCUT2D eigenvalue weighted by atomic mass is 10.3. The van der Waals surface area contributed by atoms with Crippen molar-refractivity contribution in [3.05, 3.63) is 17.5 Å². The van der Waals surface area contributed by atoms with Gasteiger partial charge < -0.3 is 16.2 Å². The lowest BCUT2D eigenvalue weighted by Gasteiger charge is -2.08. The molecule has 6 nitrogen and oxygen atoms in total. The third-order valence-electron chi connectivity index (χ3n) is 2.07. The van der Waals surface area contributed by atoms with E-state index in [-0.39, 0.29) is 6.54 Å². The molecule has 0 aliphatic heterocycles. The van der Waals surface area contributed by atoms with Gasteiger partial charge in [0.05, 0.1) is 11.4 Å². The van der Waals surface area contributed by atoms with E-state index in [0.717, 1.165) is 11.4 Å². The summed E-state index contributed by atoms with van der Waals surface area (Å²) < 4.78 is 1.75. The van der Waals surface area contributed by atoms with Crippen LogP contribution in [0.25, 0.3) is 0 Å². The number of aromatic nitrogens is 2. The number of primary amides is 1. The zero-order valence-corrected chi connectivity index (χ0v) is 8.90. The van der Waals surface area contributed by atoms with Crippen LogP contribution in [-0.4, -0.2) is 33.4 Å². The number of aliphatic hydroxyl groups excluding tert-OH is 1. The minimum atomic E-state index is -1.14. The zero-order valence-electron chi connectivity index (χ0n) is 8.90. The van der Waals surface area contributed by atoms with Crippen LogP contribution in [0.15, 0.2) is 6.07 Å². The number of rotatable bonds is 5. The summed E-state index contributed by atoms with van der Waals surface area (Å²) in [6.45, 7) is 2.60. The molecule has 1 amide bonds. The van der Waals surface area contributed by atoms with Crippen molar-refractivity contribution >= 4 is 5.91 Å². The lowest BCUT2D eigenvalue weighted by Crippen LogP contribution is -2.37. The average molecular weight is 212 g/mol. The van der Waals surface area contributed by atoms with Crippen LogP contribution >= 0.6 is 0 Å². The fourth-order valence-corrected chi connectivity index (χ4v) is 1.27. The highest BCUT2D eigenvalue weighted by atomic mass is 16.3. The Bertz CT molecular complexity index is 348. The highest BCUT2D eigenvalue weighted by Crippen LogP contribution is 2.00. The molecule has 1 heterocycles. The van der Waals surface area contributed by atoms with Crippen LogP contribution in [0.5, 0.6) is 0 Å². The van der Waals surface area contributed by atoms with Crippen LogP contribution in [0, 0.1) is 6.92 Å². The quantitative estimate of drug-likeness (QED) is 0.563. The van der Waals surface area contributed by atoms with E-state index in [2.05, 4.69) is 10.4 Å². The van der Waals surface area contributed by atoms with E-state index >= 15 is 0 Å². The van der Waals surface area contributed by atoms with E-state index in [9.17, 15) is 4.79 Å². The van der Waals surface area contributed by atoms with Gasteiger partial charge in [0.25, 0.3) is 0 Å². The van der Waals surface area contributed by atoms with Gasteiger partial charge in [-0.1, -0.05) is 0 Å². The van der Waals surface area contributed by atoms with Crippen LogP contribution in [-0.2, 0) is 18.4 Å². The molecular weight excluding hydrogens is 196 g/mol. The van der Waals surface area contributed by atoms with Gasteiger partial charge in [-0.25, -0.2) is 0 Å². The van der Waals surface area contributed by atoms with E-state index < -0.39 is 12.0 Å². The van der Waals surface area contributed by atoms with Crippen molar-refractivity contribution in [3.8, 4) is 0 Å². The number of carbonyl (C=O) groups is 1. The zero-order chi connectivity index (χ0) is 11.4. The van der Waals surface area contributed by atoms with E-state index in [1.54, 1.807) is 4.68 Å². The molecule has 1 rings (SSSR count). The highest BCUT2D eigenvalue weighted by Gasteiger charge is 2.10. The molecule has 15 heavy (non-hydrogen) atoms. The molecule has 0 fully saturated rings. The highest BCUT2D eigenvalue weighted by molar-refractivity contribution is 5.78. The maximum absolute atomic E-state index is 10.5. The number of aliphatic hydroxyl groups is 1. The van der Waals surface area contributed by atoms with Crippen LogP contribution in [0.3, 0.4) is 0 Å². The summed E-state index contributed by atoms with van der Waals surface area (Å²) in [6, 6.07) is 1.93. The molecule has 4 N–H and O–H groups in total. The van der Waals surface area contributed by atoms with Crippen molar-refractivity contribution in [1.82, 2.24) is 15.1 Å². The van der Waals surface area contributed by atoms with E-state index in [4.69, 9.17) is 10.8 Å². The molecule has 84 valence electrons. The molecule has 0 spiro atoms. The number of carbonyl (C=O) groups excluding carboxylic acids is 1. The molecule has 0 radical (unpaired) electrons. The largest absolute Gasteiger partial charge is 0.382 e. The second-order valence-corrected chi connectivity index (χ2v) is 3.45. The summed E-state index contributed by atoms with van der Waals surface area (Å²) in [7, 11) is 1.84. The predicted octanol–water partition coefficient (Wildman–Crippen LogP) is -1.34. The summed E-state index contributed by atoms with van der Waals surface area (Å²) in [4.78, 5) is 10.5. The third-order valence-corrected chi connectivity index (χ3v) is 2.07. The molecular formula is C9H16N4O2. The van der Waals surface area contributed by atoms with Crippen LogP contribution in [0.4, 0.5) is 0 Å². The maximum Gasteiger partial charge on any atom is 0.247 e. The third kappa shape index (κ3) is 3.34. The molecule has 0 aromatic carbocycles. The molecule has 6 heteroatoms. The minimum Gasteiger partial charge on any atom is -0.382 e. The summed E-state index contributed by atoms with van der Waals surface area (Å²) in [5.74, 6) is -0.719. The Morgan fingerprint density at radius 1 is 1.80 bits per heavy atom. The monoisotopic (exact) mass is 212 g/mol. The number of hydrogen-bond donors (Lipinski definition) is 3. The first kappa shape index (κ1) is 11.7. The molecule has 0 saturated carbocycles. The molecule has 0 aliphatic carbocycles. The maximum atomic E-state index is 10.5. The van der Waals surface area contributed by atoms with Gasteiger partial charge in [0.2, 0.25) is 5.91 Å². The molecule has 0 bridgehead atoms. The summed E-state index contributed by atoms with van der Waals surface area (Å²) >= 11 is 0. The van der Waals surface area contributed by atoms with Crippen LogP contribution in [0.2, 0.25) is 0 Å². The first-order chi connectivity index (χ1) is 7.00. The van der Waals surface area contributed by atoms with Crippen molar-refractivity contribution in [2.75, 3.05) is 6.54 Å². The van der Waals surface area contributed by atoms with Crippen molar-refractivity contribution in [2.45, 2.75) is 19.6 Å². The standard InChI is InChI=1S/C9H16N4O2/c1-6-3-7(13(2)12-6)4-11-5-8(14)9(10)15/h3,8,11,14H,4-5H2,1-2H3,(H2,10,15). The Balaban J connectivity index is 2.38. The van der Waals surface area contributed by atoms with Gasteiger partial charge in [-0.05, 0) is 13.0 Å². The number of hydrogen-bond acceptors (Lipinski definition) is 4. The Hall–Kier alpha value is -1.40. The van der Waals surface area contributed by atoms with Gasteiger partial charge in [0.15, 0.2) is 0 Å². The minimum absolute atomic E-state index is 0.152. The van der Waals surface area contributed by atoms with Gasteiger partial charge in [-0.2, -0.15) is 5.10 Å². The van der Waals surface area contributed by atoms with Crippen molar-refractivity contribution in [2.24, 2.45) is 12.8 Å². The topological polar surface area (TPSA) is 93.2 Å². The van der Waals surface area contributed by atoms with Crippen molar-refractivity contribution in [3.63, 3.8) is 0 Å². The molecule has 1 aromatic heterocycles. The second-order valence-electron chi connectivity index (χ2n) is 3.45. The number of nitrogens with zero attached hydrogens (tertiary/aromatic N) is 2. The first-order valence-electron chi connectivity index (χ1n) is 4.68. The Morgan fingerprint density at radius 2 is 2.47 bits per heavy atom. The summed E-state index contributed by atoms with van der Waals surface area (Å²) in [5.41, 5.74) is 6.83. The number of nitrogens with one attached hydrogen (secondary N) is 1. The van der Waals surface area contributed by atoms with E-state index in [1.165, 1.54) is 0 Å². The number of nitrogens with two attached hydrogens (primary N) is 1. The summed E-state index contributed by atoms with van der Waals surface area (Å²) in [5, 5.41) is 16.2. The van der Waals surface area contributed by atoms with Crippen molar-refractivity contribution < 1.29 is 9.90 Å². The van der Waals surface area contributed by atoms with Crippen molar-refractivity contribution in [1.29, 1.82) is 0 Å². The Labute approximate surface area is 88.1 Å². The van der Waals surface area contributed by atoms with E-state index in [0.29, 0.717) is 6.54 Å². The van der Waals surface area contributed by atoms with Gasteiger partial charge in [0.1, 0.15) is 6.10 Å². The fraction of sp³-hybridized carbons (Fsp3) is 0.556. The van der Waals surface area contributed by atoms with Gasteiger partial charge in [-0.15, -0.1) is 0 Å². The number of aryl methyl sites for hydroxylation is 2. The van der Waals surface area contributed by atoms with E-state index in [1.807, 2.05) is 20.0 Å². The Morgan fingerprint density at radius 3 is 2.93 bits per heavy atom. The molecule has 0 aliphatic rings. The molecule has 1 atom stereocenters. The normalized spacial score (nSPS) is 12.7. The second kappa shape index (κ2) is 4.90.